The molecule has 0 bridgehead atoms. The predicted octanol–water partition coefficient (Wildman–Crippen LogP) is 1.17. The summed E-state index contributed by atoms with van der Waals surface area (Å²) >= 11 is 1.24. The molecule has 2 N–H and O–H groups in total. The highest BCUT2D eigenvalue weighted by Crippen LogP contribution is 2.27. The molecule has 0 atom stereocenters. The maximum Gasteiger partial charge on any atom is 0.252 e. The summed E-state index contributed by atoms with van der Waals surface area (Å²) in [6.45, 7) is 5.46. The van der Waals surface area contributed by atoms with Gasteiger partial charge in [-0.2, -0.15) is 4.31 Å². The molecule has 1 rings (SSSR count). The Labute approximate surface area is 113 Å². The molecule has 0 aromatic carbocycles. The number of sulfonamides is 1. The number of aryl methyl sites for hydroxylation is 1. The fraction of sp³-hybridized carbons (Fsp3) is 0.636. The van der Waals surface area contributed by atoms with E-state index in [2.05, 4.69) is 0 Å². The molecule has 0 radical (unpaired) electrons. The van der Waals surface area contributed by atoms with E-state index in [0.717, 1.165) is 10.4 Å². The molecule has 0 aliphatic rings. The molecular weight excluding hydrogens is 272 g/mol. The summed E-state index contributed by atoms with van der Waals surface area (Å²) in [5.74, 6) is 0. The van der Waals surface area contributed by atoms with Crippen molar-refractivity contribution in [1.29, 1.82) is 0 Å². The van der Waals surface area contributed by atoms with Crippen molar-refractivity contribution >= 4 is 21.4 Å². The van der Waals surface area contributed by atoms with Gasteiger partial charge < -0.3 is 10.5 Å². The Morgan fingerprint density at radius 3 is 2.67 bits per heavy atom. The second kappa shape index (κ2) is 6.63. The van der Waals surface area contributed by atoms with Crippen LogP contribution in [0.2, 0.25) is 0 Å². The summed E-state index contributed by atoms with van der Waals surface area (Å²) in [6, 6.07) is 1.68. The van der Waals surface area contributed by atoms with Crippen LogP contribution in [0.4, 0.5) is 0 Å². The zero-order chi connectivity index (χ0) is 13.8. The molecule has 104 valence electrons. The van der Waals surface area contributed by atoms with E-state index >= 15 is 0 Å². The van der Waals surface area contributed by atoms with E-state index in [0.29, 0.717) is 30.5 Å². The van der Waals surface area contributed by atoms with Crippen LogP contribution in [-0.4, -0.2) is 39.5 Å². The summed E-state index contributed by atoms with van der Waals surface area (Å²) in [5.41, 5.74) is 6.49. The number of nitrogens with two attached hydrogens (primary N) is 1. The Morgan fingerprint density at radius 1 is 1.50 bits per heavy atom. The van der Waals surface area contributed by atoms with Crippen molar-refractivity contribution in [3.63, 3.8) is 0 Å². The van der Waals surface area contributed by atoms with Crippen LogP contribution in [0.25, 0.3) is 0 Å². The van der Waals surface area contributed by atoms with Crippen LogP contribution in [-0.2, 0) is 21.3 Å². The summed E-state index contributed by atoms with van der Waals surface area (Å²) in [6.07, 6.45) is 0. The molecule has 0 unspecified atom stereocenters. The maximum atomic E-state index is 12.2. The van der Waals surface area contributed by atoms with Gasteiger partial charge in [0.15, 0.2) is 0 Å². The van der Waals surface area contributed by atoms with Gasteiger partial charge in [0, 0.05) is 31.6 Å². The van der Waals surface area contributed by atoms with Crippen molar-refractivity contribution < 1.29 is 13.2 Å². The van der Waals surface area contributed by atoms with Crippen molar-refractivity contribution in [3.05, 3.63) is 16.5 Å². The minimum atomic E-state index is -3.41. The van der Waals surface area contributed by atoms with Gasteiger partial charge in [0.05, 0.1) is 6.61 Å². The van der Waals surface area contributed by atoms with Crippen molar-refractivity contribution in [2.45, 2.75) is 24.6 Å². The number of nitrogens with zero attached hydrogens (tertiary/aromatic N) is 1. The molecule has 0 saturated carbocycles. The molecule has 7 heteroatoms. The summed E-state index contributed by atoms with van der Waals surface area (Å²) in [4.78, 5) is 0.909. The third-order valence-electron chi connectivity index (χ3n) is 2.60. The highest BCUT2D eigenvalue weighted by atomic mass is 32.2. The second-order valence-electron chi connectivity index (χ2n) is 3.90. The highest BCUT2D eigenvalue weighted by molar-refractivity contribution is 7.91. The van der Waals surface area contributed by atoms with Crippen LogP contribution in [0, 0.1) is 6.92 Å². The van der Waals surface area contributed by atoms with Gasteiger partial charge in [-0.3, -0.25) is 0 Å². The smallest absolute Gasteiger partial charge is 0.252 e. The number of ether oxygens (including phenoxy) is 1. The van der Waals surface area contributed by atoms with E-state index < -0.39 is 10.0 Å². The molecule has 1 aromatic rings. The van der Waals surface area contributed by atoms with Crippen LogP contribution < -0.4 is 5.73 Å². The zero-order valence-electron chi connectivity index (χ0n) is 11.0. The Bertz CT molecular complexity index is 482. The summed E-state index contributed by atoms with van der Waals surface area (Å²) in [5, 5.41) is 0. The number of hydrogen-bond donors (Lipinski definition) is 1. The predicted molar refractivity (Wildman–Crippen MR) is 73.3 cm³/mol. The van der Waals surface area contributed by atoms with Gasteiger partial charge in [-0.25, -0.2) is 8.42 Å². The lowest BCUT2D eigenvalue weighted by Crippen LogP contribution is -2.29. The molecule has 1 heterocycles. The second-order valence-corrected chi connectivity index (χ2v) is 7.31. The van der Waals surface area contributed by atoms with Crippen LogP contribution in [0.5, 0.6) is 0 Å². The molecule has 0 spiro atoms. The Balaban J connectivity index is 2.84. The molecule has 0 amide bonds. The SMILES string of the molecule is CCOCCN(C)S(=O)(=O)c1cc(C)c(CN)s1. The average molecular weight is 292 g/mol. The number of likely N-dealkylation sites (N-methyl/N-ethyl adjacent to an activating group) is 1. The standard InChI is InChI=1S/C11H20N2O3S2/c1-4-16-6-5-13(3)18(14,15)11-7-9(2)10(8-12)17-11/h7H,4-6,8,12H2,1-3H3. The molecular formula is C11H20N2O3S2. The topological polar surface area (TPSA) is 72.6 Å². The third kappa shape index (κ3) is 3.52. The molecule has 0 saturated heterocycles. The van der Waals surface area contributed by atoms with Gasteiger partial charge in [0.25, 0.3) is 10.0 Å². The van der Waals surface area contributed by atoms with Crippen molar-refractivity contribution in [3.8, 4) is 0 Å². The Morgan fingerprint density at radius 2 is 2.17 bits per heavy atom. The minimum absolute atomic E-state index is 0.347. The van der Waals surface area contributed by atoms with Gasteiger partial charge in [0.2, 0.25) is 0 Å². The van der Waals surface area contributed by atoms with Gasteiger partial charge in [-0.1, -0.05) is 0 Å². The van der Waals surface area contributed by atoms with Crippen molar-refractivity contribution in [2.75, 3.05) is 26.8 Å². The van der Waals surface area contributed by atoms with E-state index in [9.17, 15) is 8.42 Å². The van der Waals surface area contributed by atoms with Crippen molar-refractivity contribution in [1.82, 2.24) is 4.31 Å². The van der Waals surface area contributed by atoms with Gasteiger partial charge in [-0.05, 0) is 25.5 Å². The lowest BCUT2D eigenvalue weighted by atomic mass is 10.3. The first kappa shape index (κ1) is 15.6. The van der Waals surface area contributed by atoms with Crippen LogP contribution in [0.1, 0.15) is 17.4 Å². The molecule has 5 nitrogen and oxygen atoms in total. The van der Waals surface area contributed by atoms with E-state index in [1.807, 2.05) is 13.8 Å². The molecule has 1 aromatic heterocycles. The van der Waals surface area contributed by atoms with Gasteiger partial charge in [-0.15, -0.1) is 11.3 Å². The fourth-order valence-electron chi connectivity index (χ4n) is 1.43. The van der Waals surface area contributed by atoms with Crippen LogP contribution in [0.15, 0.2) is 10.3 Å². The van der Waals surface area contributed by atoms with Gasteiger partial charge in [0.1, 0.15) is 4.21 Å². The average Bonchev–Trinajstić information content (AvgIpc) is 2.71. The Hall–Kier alpha value is -0.470. The first-order valence-electron chi connectivity index (χ1n) is 5.77. The quantitative estimate of drug-likeness (QED) is 0.766. The van der Waals surface area contributed by atoms with E-state index in [1.54, 1.807) is 13.1 Å². The summed E-state index contributed by atoms with van der Waals surface area (Å²) in [7, 11) is -1.85. The largest absolute Gasteiger partial charge is 0.380 e. The number of hydrogen-bond acceptors (Lipinski definition) is 5. The monoisotopic (exact) mass is 292 g/mol. The molecule has 0 aliphatic heterocycles. The van der Waals surface area contributed by atoms with E-state index in [1.165, 1.54) is 15.6 Å². The lowest BCUT2D eigenvalue weighted by Gasteiger charge is -2.15. The zero-order valence-corrected chi connectivity index (χ0v) is 12.6. The number of rotatable bonds is 7. The highest BCUT2D eigenvalue weighted by Gasteiger charge is 2.23. The van der Waals surface area contributed by atoms with Crippen molar-refractivity contribution in [2.24, 2.45) is 5.73 Å². The first-order valence-corrected chi connectivity index (χ1v) is 8.02. The maximum absolute atomic E-state index is 12.2. The number of thiophene rings is 1. The Kier molecular flexibility index (Phi) is 5.74. The van der Waals surface area contributed by atoms with Crippen LogP contribution in [0.3, 0.4) is 0 Å². The normalized spacial score (nSPS) is 12.3. The van der Waals surface area contributed by atoms with Gasteiger partial charge >= 0.3 is 0 Å². The van der Waals surface area contributed by atoms with E-state index in [-0.39, 0.29) is 0 Å². The third-order valence-corrected chi connectivity index (χ3v) is 6.17. The van der Waals surface area contributed by atoms with E-state index in [4.69, 9.17) is 10.5 Å². The molecule has 0 aliphatic carbocycles. The molecule has 18 heavy (non-hydrogen) atoms. The first-order chi connectivity index (χ1) is 8.43. The molecule has 0 fully saturated rings. The summed E-state index contributed by atoms with van der Waals surface area (Å²) < 4.78 is 31.3. The van der Waals surface area contributed by atoms with Crippen LogP contribution >= 0.6 is 11.3 Å². The lowest BCUT2D eigenvalue weighted by molar-refractivity contribution is 0.138. The minimum Gasteiger partial charge on any atom is -0.380 e. The fourth-order valence-corrected chi connectivity index (χ4v) is 4.26.